The average Bonchev–Trinajstić information content (AvgIpc) is 2.54. The molecule has 0 saturated heterocycles. The first-order valence-corrected chi connectivity index (χ1v) is 7.73. The Morgan fingerprint density at radius 2 is 2.00 bits per heavy atom. The number of rotatable bonds is 7. The van der Waals surface area contributed by atoms with Gasteiger partial charge in [0, 0.05) is 19.3 Å². The standard InChI is InChI=1S/C17H20N2O2S/c1-2-10-21-12-14-7-4-3-6-13(14)11-19-16(20)15-8-5-9-18-17(15)22/h3-9H,2,10-12H2,1H3,(H,18,22)(H,19,20). The molecule has 0 aliphatic rings. The van der Waals surface area contributed by atoms with Gasteiger partial charge in [-0.15, -0.1) is 0 Å². The third-order valence-corrected chi connectivity index (χ3v) is 3.56. The Morgan fingerprint density at radius 3 is 2.73 bits per heavy atom. The van der Waals surface area contributed by atoms with E-state index in [0.717, 1.165) is 24.2 Å². The van der Waals surface area contributed by atoms with Gasteiger partial charge in [0.2, 0.25) is 0 Å². The van der Waals surface area contributed by atoms with Crippen LogP contribution in [0.4, 0.5) is 0 Å². The highest BCUT2D eigenvalue weighted by Crippen LogP contribution is 2.11. The quantitative estimate of drug-likeness (QED) is 0.606. The fraction of sp³-hybridized carbons (Fsp3) is 0.294. The van der Waals surface area contributed by atoms with Gasteiger partial charge in [0.25, 0.3) is 5.91 Å². The number of H-pyrrole nitrogens is 1. The maximum absolute atomic E-state index is 12.2. The Bertz CT molecular complexity index is 682. The van der Waals surface area contributed by atoms with Crippen molar-refractivity contribution in [1.29, 1.82) is 0 Å². The molecule has 0 unspecified atom stereocenters. The number of nitrogens with one attached hydrogen (secondary N) is 2. The van der Waals surface area contributed by atoms with Crippen LogP contribution in [0.2, 0.25) is 0 Å². The number of aromatic amines is 1. The fourth-order valence-corrected chi connectivity index (χ4v) is 2.30. The summed E-state index contributed by atoms with van der Waals surface area (Å²) >= 11 is 5.12. The van der Waals surface area contributed by atoms with Gasteiger partial charge in [0.1, 0.15) is 4.64 Å². The molecule has 1 amide bonds. The van der Waals surface area contributed by atoms with Crippen LogP contribution in [-0.4, -0.2) is 17.5 Å². The molecule has 1 heterocycles. The van der Waals surface area contributed by atoms with E-state index < -0.39 is 0 Å². The van der Waals surface area contributed by atoms with Crippen molar-refractivity contribution < 1.29 is 9.53 Å². The summed E-state index contributed by atoms with van der Waals surface area (Å²) in [6.45, 7) is 3.83. The van der Waals surface area contributed by atoms with Gasteiger partial charge in [-0.2, -0.15) is 0 Å². The number of amides is 1. The van der Waals surface area contributed by atoms with Crippen LogP contribution in [0.15, 0.2) is 42.6 Å². The van der Waals surface area contributed by atoms with Crippen LogP contribution >= 0.6 is 12.2 Å². The van der Waals surface area contributed by atoms with Crippen LogP contribution in [0, 0.1) is 4.64 Å². The maximum Gasteiger partial charge on any atom is 0.254 e. The first-order chi connectivity index (χ1) is 10.7. The summed E-state index contributed by atoms with van der Waals surface area (Å²) in [5.41, 5.74) is 2.63. The van der Waals surface area contributed by atoms with E-state index in [4.69, 9.17) is 17.0 Å². The average molecular weight is 316 g/mol. The number of carbonyl (C=O) groups excluding carboxylic acids is 1. The summed E-state index contributed by atoms with van der Waals surface area (Å²) in [7, 11) is 0. The summed E-state index contributed by atoms with van der Waals surface area (Å²) in [6.07, 6.45) is 2.70. The minimum absolute atomic E-state index is 0.175. The first kappa shape index (κ1) is 16.4. The van der Waals surface area contributed by atoms with E-state index in [1.165, 1.54) is 0 Å². The van der Waals surface area contributed by atoms with E-state index in [1.807, 2.05) is 24.3 Å². The number of hydrogen-bond acceptors (Lipinski definition) is 3. The lowest BCUT2D eigenvalue weighted by Crippen LogP contribution is -2.24. The van der Waals surface area contributed by atoms with E-state index in [0.29, 0.717) is 23.4 Å². The Morgan fingerprint density at radius 1 is 1.23 bits per heavy atom. The number of benzene rings is 1. The molecular formula is C17H20N2O2S. The highest BCUT2D eigenvalue weighted by molar-refractivity contribution is 7.71. The van der Waals surface area contributed by atoms with Gasteiger partial charge >= 0.3 is 0 Å². The molecule has 2 rings (SSSR count). The van der Waals surface area contributed by atoms with Crippen molar-refractivity contribution in [2.75, 3.05) is 6.61 Å². The van der Waals surface area contributed by atoms with Crippen LogP contribution in [0.1, 0.15) is 34.8 Å². The van der Waals surface area contributed by atoms with Crippen molar-refractivity contribution in [3.05, 3.63) is 63.9 Å². The fourth-order valence-electron chi connectivity index (χ4n) is 2.07. The third-order valence-electron chi connectivity index (χ3n) is 3.23. The van der Waals surface area contributed by atoms with E-state index in [2.05, 4.69) is 17.2 Å². The molecule has 0 bridgehead atoms. The smallest absolute Gasteiger partial charge is 0.254 e. The van der Waals surface area contributed by atoms with E-state index in [9.17, 15) is 4.79 Å². The second-order valence-electron chi connectivity index (χ2n) is 4.92. The number of pyridine rings is 1. The number of hydrogen-bond donors (Lipinski definition) is 2. The second-order valence-corrected chi connectivity index (χ2v) is 5.33. The number of carbonyl (C=O) groups is 1. The summed E-state index contributed by atoms with van der Waals surface area (Å²) < 4.78 is 6.03. The summed E-state index contributed by atoms with van der Waals surface area (Å²) in [5, 5.41) is 2.91. The molecule has 116 valence electrons. The van der Waals surface area contributed by atoms with E-state index >= 15 is 0 Å². The SMILES string of the molecule is CCCOCc1ccccc1CNC(=O)c1ccc[nH]c1=S. The zero-order chi connectivity index (χ0) is 15.8. The molecule has 2 aromatic rings. The molecule has 4 nitrogen and oxygen atoms in total. The second kappa shape index (κ2) is 8.46. The summed E-state index contributed by atoms with van der Waals surface area (Å²) in [4.78, 5) is 15.0. The predicted molar refractivity (Wildman–Crippen MR) is 89.2 cm³/mol. The van der Waals surface area contributed by atoms with Crippen molar-refractivity contribution in [2.45, 2.75) is 26.5 Å². The molecule has 0 spiro atoms. The van der Waals surface area contributed by atoms with Gasteiger partial charge in [0.15, 0.2) is 0 Å². The number of ether oxygens (including phenoxy) is 1. The molecule has 1 aromatic heterocycles. The Kier molecular flexibility index (Phi) is 6.30. The first-order valence-electron chi connectivity index (χ1n) is 7.32. The zero-order valence-corrected chi connectivity index (χ0v) is 13.4. The van der Waals surface area contributed by atoms with Gasteiger partial charge in [-0.05, 0) is 29.7 Å². The molecule has 0 atom stereocenters. The largest absolute Gasteiger partial charge is 0.377 e. The zero-order valence-electron chi connectivity index (χ0n) is 12.6. The molecular weight excluding hydrogens is 296 g/mol. The molecule has 22 heavy (non-hydrogen) atoms. The maximum atomic E-state index is 12.2. The van der Waals surface area contributed by atoms with Gasteiger partial charge in [-0.25, -0.2) is 0 Å². The number of aromatic nitrogens is 1. The molecule has 0 fully saturated rings. The molecule has 0 saturated carbocycles. The molecule has 0 aliphatic heterocycles. The lowest BCUT2D eigenvalue weighted by molar-refractivity contribution is 0.0948. The Hall–Kier alpha value is -1.98. The molecule has 2 N–H and O–H groups in total. The van der Waals surface area contributed by atoms with Crippen LogP contribution in [-0.2, 0) is 17.9 Å². The lowest BCUT2D eigenvalue weighted by atomic mass is 10.1. The van der Waals surface area contributed by atoms with Gasteiger partial charge in [-0.1, -0.05) is 43.4 Å². The topological polar surface area (TPSA) is 54.1 Å². The minimum atomic E-state index is -0.175. The summed E-state index contributed by atoms with van der Waals surface area (Å²) in [5.74, 6) is -0.175. The van der Waals surface area contributed by atoms with Crippen LogP contribution in [0.3, 0.4) is 0 Å². The van der Waals surface area contributed by atoms with Gasteiger partial charge in [0.05, 0.1) is 12.2 Å². The van der Waals surface area contributed by atoms with Crippen LogP contribution < -0.4 is 5.32 Å². The van der Waals surface area contributed by atoms with Crippen molar-refractivity contribution in [2.24, 2.45) is 0 Å². The van der Waals surface area contributed by atoms with Crippen molar-refractivity contribution in [1.82, 2.24) is 10.3 Å². The van der Waals surface area contributed by atoms with Crippen molar-refractivity contribution in [3.8, 4) is 0 Å². The normalized spacial score (nSPS) is 10.4. The van der Waals surface area contributed by atoms with Crippen molar-refractivity contribution >= 4 is 18.1 Å². The van der Waals surface area contributed by atoms with Crippen molar-refractivity contribution in [3.63, 3.8) is 0 Å². The highest BCUT2D eigenvalue weighted by Gasteiger charge is 2.08. The molecule has 1 aromatic carbocycles. The van der Waals surface area contributed by atoms with Crippen LogP contribution in [0.5, 0.6) is 0 Å². The monoisotopic (exact) mass is 316 g/mol. The van der Waals surface area contributed by atoms with E-state index in [1.54, 1.807) is 18.3 Å². The minimum Gasteiger partial charge on any atom is -0.377 e. The molecule has 0 aliphatic carbocycles. The molecule has 5 heteroatoms. The van der Waals surface area contributed by atoms with E-state index in [-0.39, 0.29) is 5.91 Å². The predicted octanol–water partition coefficient (Wildman–Crippen LogP) is 3.60. The lowest BCUT2D eigenvalue weighted by Gasteiger charge is -2.11. The Labute approximate surface area is 135 Å². The van der Waals surface area contributed by atoms with Gasteiger partial charge in [-0.3, -0.25) is 4.79 Å². The highest BCUT2D eigenvalue weighted by atomic mass is 32.1. The summed E-state index contributed by atoms with van der Waals surface area (Å²) in [6, 6.07) is 11.4. The molecule has 0 radical (unpaired) electrons. The third kappa shape index (κ3) is 4.51. The van der Waals surface area contributed by atoms with Gasteiger partial charge < -0.3 is 15.0 Å². The Balaban J connectivity index is 2.01. The van der Waals surface area contributed by atoms with Crippen LogP contribution in [0.25, 0.3) is 0 Å².